The second-order valence-corrected chi connectivity index (χ2v) is 5.86. The largest absolute Gasteiger partial charge is 0.367 e. The lowest BCUT2D eigenvalue weighted by Crippen LogP contribution is -2.50. The van der Waals surface area contributed by atoms with Crippen LogP contribution in [0, 0.1) is 0 Å². The third kappa shape index (κ3) is 3.12. The average Bonchev–Trinajstić information content (AvgIpc) is 2.46. The molecule has 1 aliphatic heterocycles. The second-order valence-electron chi connectivity index (χ2n) is 4.98. The number of benzene rings is 1. The van der Waals surface area contributed by atoms with Crippen LogP contribution in [0.15, 0.2) is 29.2 Å². The number of hydrogen-bond acceptors (Lipinski definition) is 3. The van der Waals surface area contributed by atoms with E-state index in [1.54, 1.807) is 11.8 Å². The predicted octanol–water partition coefficient (Wildman–Crippen LogP) is 2.89. The Morgan fingerprint density at radius 3 is 2.68 bits per heavy atom. The van der Waals surface area contributed by atoms with Gasteiger partial charge < -0.3 is 9.64 Å². The molecular formula is C15H21NO2S. The van der Waals surface area contributed by atoms with E-state index in [4.69, 9.17) is 4.74 Å². The van der Waals surface area contributed by atoms with E-state index in [2.05, 4.69) is 37.4 Å². The summed E-state index contributed by atoms with van der Waals surface area (Å²) < 4.78 is 5.95. The molecule has 4 heteroatoms. The van der Waals surface area contributed by atoms with Crippen LogP contribution in [0.5, 0.6) is 0 Å². The molecular weight excluding hydrogens is 258 g/mol. The summed E-state index contributed by atoms with van der Waals surface area (Å²) in [5.74, 6) is 0.204. The molecule has 0 saturated carbocycles. The number of ether oxygens (including phenoxy) is 1. The van der Waals surface area contributed by atoms with Crippen LogP contribution < -0.4 is 0 Å². The number of hydrogen-bond donors (Lipinski definition) is 0. The molecule has 0 N–H and O–H groups in total. The Morgan fingerprint density at radius 1 is 1.42 bits per heavy atom. The molecule has 0 aromatic heterocycles. The van der Waals surface area contributed by atoms with Crippen molar-refractivity contribution < 1.29 is 9.53 Å². The van der Waals surface area contributed by atoms with Crippen molar-refractivity contribution in [3.8, 4) is 0 Å². The van der Waals surface area contributed by atoms with Crippen molar-refractivity contribution in [2.24, 2.45) is 0 Å². The van der Waals surface area contributed by atoms with E-state index in [1.165, 1.54) is 4.90 Å². The highest BCUT2D eigenvalue weighted by atomic mass is 32.2. The summed E-state index contributed by atoms with van der Waals surface area (Å²) in [4.78, 5) is 15.0. The summed E-state index contributed by atoms with van der Waals surface area (Å²) >= 11 is 1.73. The van der Waals surface area contributed by atoms with Crippen molar-refractivity contribution in [2.45, 2.75) is 30.8 Å². The van der Waals surface area contributed by atoms with Gasteiger partial charge in [0.1, 0.15) is 5.60 Å². The molecule has 1 atom stereocenters. The van der Waals surface area contributed by atoms with Crippen molar-refractivity contribution in [1.29, 1.82) is 0 Å². The molecule has 0 radical (unpaired) electrons. The lowest BCUT2D eigenvalue weighted by atomic mass is 9.93. The Hall–Kier alpha value is -1.00. The fourth-order valence-electron chi connectivity index (χ4n) is 2.42. The van der Waals surface area contributed by atoms with E-state index >= 15 is 0 Å². The molecule has 1 heterocycles. The van der Waals surface area contributed by atoms with Crippen molar-refractivity contribution in [3.63, 3.8) is 0 Å². The molecule has 1 aromatic rings. The molecule has 1 aromatic carbocycles. The van der Waals surface area contributed by atoms with E-state index < -0.39 is 0 Å². The SMILES string of the molecule is CCC(=O)N1CCOC(C)(c2ccc(SC)cc2)C1. The summed E-state index contributed by atoms with van der Waals surface area (Å²) in [7, 11) is 0. The highest BCUT2D eigenvalue weighted by Crippen LogP contribution is 2.30. The second kappa shape index (κ2) is 5.97. The van der Waals surface area contributed by atoms with E-state index in [-0.39, 0.29) is 11.5 Å². The molecule has 3 nitrogen and oxygen atoms in total. The molecule has 1 amide bonds. The Labute approximate surface area is 119 Å². The Morgan fingerprint density at radius 2 is 2.11 bits per heavy atom. The lowest BCUT2D eigenvalue weighted by molar-refractivity contribution is -0.149. The maximum Gasteiger partial charge on any atom is 0.222 e. The monoisotopic (exact) mass is 279 g/mol. The van der Waals surface area contributed by atoms with Crippen LogP contribution in [0.2, 0.25) is 0 Å². The van der Waals surface area contributed by atoms with Gasteiger partial charge >= 0.3 is 0 Å². The predicted molar refractivity (Wildman–Crippen MR) is 78.4 cm³/mol. The average molecular weight is 279 g/mol. The summed E-state index contributed by atoms with van der Waals surface area (Å²) in [6.07, 6.45) is 2.62. The maximum absolute atomic E-state index is 11.9. The first-order valence-corrected chi connectivity index (χ1v) is 7.88. The van der Waals surface area contributed by atoms with E-state index in [0.717, 1.165) is 5.56 Å². The van der Waals surface area contributed by atoms with Gasteiger partial charge in [0.2, 0.25) is 5.91 Å². The molecule has 0 bridgehead atoms. The maximum atomic E-state index is 11.9. The number of carbonyl (C=O) groups is 1. The number of nitrogens with zero attached hydrogens (tertiary/aromatic N) is 1. The van der Waals surface area contributed by atoms with Gasteiger partial charge in [0, 0.05) is 17.9 Å². The van der Waals surface area contributed by atoms with E-state index in [9.17, 15) is 4.79 Å². The minimum atomic E-state index is -0.389. The number of rotatable bonds is 3. The standard InChI is InChI=1S/C15H21NO2S/c1-4-14(17)16-9-10-18-15(2,11-16)12-5-7-13(19-3)8-6-12/h5-8H,4,9-11H2,1-3H3. The highest BCUT2D eigenvalue weighted by molar-refractivity contribution is 7.98. The van der Waals surface area contributed by atoms with Crippen LogP contribution in [0.25, 0.3) is 0 Å². The summed E-state index contributed by atoms with van der Waals surface area (Å²) in [6.45, 7) is 5.91. The van der Waals surface area contributed by atoms with Crippen LogP contribution in [0.1, 0.15) is 25.8 Å². The van der Waals surface area contributed by atoms with Gasteiger partial charge in [0.15, 0.2) is 0 Å². The fraction of sp³-hybridized carbons (Fsp3) is 0.533. The zero-order chi connectivity index (χ0) is 13.9. The fourth-order valence-corrected chi connectivity index (χ4v) is 2.83. The van der Waals surface area contributed by atoms with Crippen LogP contribution in [-0.4, -0.2) is 36.8 Å². The Balaban J connectivity index is 2.18. The van der Waals surface area contributed by atoms with E-state index in [1.807, 2.05) is 11.8 Å². The lowest BCUT2D eigenvalue weighted by Gasteiger charge is -2.41. The number of thioether (sulfide) groups is 1. The van der Waals surface area contributed by atoms with Crippen molar-refractivity contribution in [2.75, 3.05) is 26.0 Å². The van der Waals surface area contributed by atoms with Gasteiger partial charge in [-0.1, -0.05) is 19.1 Å². The normalized spacial score (nSPS) is 23.4. The quantitative estimate of drug-likeness (QED) is 0.797. The molecule has 2 rings (SSSR count). The smallest absolute Gasteiger partial charge is 0.222 e. The van der Waals surface area contributed by atoms with Crippen LogP contribution >= 0.6 is 11.8 Å². The van der Waals surface area contributed by atoms with Crippen LogP contribution in [0.3, 0.4) is 0 Å². The minimum absolute atomic E-state index is 0.204. The number of carbonyl (C=O) groups excluding carboxylic acids is 1. The van der Waals surface area contributed by atoms with Crippen molar-refractivity contribution >= 4 is 17.7 Å². The molecule has 1 fully saturated rings. The van der Waals surface area contributed by atoms with Crippen LogP contribution in [-0.2, 0) is 15.1 Å². The van der Waals surface area contributed by atoms with Crippen molar-refractivity contribution in [1.82, 2.24) is 4.90 Å². The van der Waals surface area contributed by atoms with Gasteiger partial charge in [-0.2, -0.15) is 0 Å². The summed E-state index contributed by atoms with van der Waals surface area (Å²) in [5, 5.41) is 0. The highest BCUT2D eigenvalue weighted by Gasteiger charge is 2.35. The first-order chi connectivity index (χ1) is 9.09. The molecule has 104 valence electrons. The topological polar surface area (TPSA) is 29.5 Å². The first kappa shape index (κ1) is 14.4. The van der Waals surface area contributed by atoms with Crippen molar-refractivity contribution in [3.05, 3.63) is 29.8 Å². The van der Waals surface area contributed by atoms with Gasteiger partial charge in [-0.15, -0.1) is 11.8 Å². The zero-order valence-electron chi connectivity index (χ0n) is 11.8. The van der Waals surface area contributed by atoms with Gasteiger partial charge in [-0.05, 0) is 30.9 Å². The summed E-state index contributed by atoms with van der Waals surface area (Å²) in [6, 6.07) is 8.42. The number of morpholine rings is 1. The van der Waals surface area contributed by atoms with Crippen LogP contribution in [0.4, 0.5) is 0 Å². The summed E-state index contributed by atoms with van der Waals surface area (Å²) in [5.41, 5.74) is 0.749. The van der Waals surface area contributed by atoms with Gasteiger partial charge in [0.05, 0.1) is 13.2 Å². The zero-order valence-corrected chi connectivity index (χ0v) is 12.6. The minimum Gasteiger partial charge on any atom is -0.367 e. The number of amides is 1. The molecule has 1 saturated heterocycles. The van der Waals surface area contributed by atoms with Gasteiger partial charge in [0.25, 0.3) is 0 Å². The Bertz CT molecular complexity index is 446. The first-order valence-electron chi connectivity index (χ1n) is 6.65. The Kier molecular flexibility index (Phi) is 4.53. The third-order valence-corrected chi connectivity index (χ3v) is 4.37. The molecule has 0 aliphatic carbocycles. The van der Waals surface area contributed by atoms with Gasteiger partial charge in [-0.25, -0.2) is 0 Å². The molecule has 0 spiro atoms. The van der Waals surface area contributed by atoms with Gasteiger partial charge in [-0.3, -0.25) is 4.79 Å². The molecule has 1 aliphatic rings. The van der Waals surface area contributed by atoms with E-state index in [0.29, 0.717) is 26.1 Å². The molecule has 19 heavy (non-hydrogen) atoms. The molecule has 1 unspecified atom stereocenters. The third-order valence-electron chi connectivity index (χ3n) is 3.63.